The van der Waals surface area contributed by atoms with Crippen LogP contribution in [0.4, 0.5) is 0 Å². The van der Waals surface area contributed by atoms with Gasteiger partial charge in [0, 0.05) is 12.1 Å². The van der Waals surface area contributed by atoms with Crippen molar-refractivity contribution in [3.63, 3.8) is 0 Å². The molecule has 1 heteroatoms. The molecule has 2 saturated carbocycles. The van der Waals surface area contributed by atoms with Crippen LogP contribution in [-0.2, 0) is 0 Å². The second-order valence-corrected chi connectivity index (χ2v) is 6.25. The zero-order valence-electron chi connectivity index (χ0n) is 9.97. The maximum atomic E-state index is 3.84. The molecule has 1 nitrogen and oxygen atoms in total. The molecule has 0 spiro atoms. The second-order valence-electron chi connectivity index (χ2n) is 6.25. The van der Waals surface area contributed by atoms with Crippen LogP contribution >= 0.6 is 0 Å². The zero-order valence-corrected chi connectivity index (χ0v) is 9.97. The summed E-state index contributed by atoms with van der Waals surface area (Å²) in [5.74, 6) is 0.985. The van der Waals surface area contributed by atoms with E-state index in [-0.39, 0.29) is 0 Å². The Bertz CT molecular complexity index is 193. The van der Waals surface area contributed by atoms with Gasteiger partial charge in [0.25, 0.3) is 0 Å². The Kier molecular flexibility index (Phi) is 2.88. The lowest BCUT2D eigenvalue weighted by molar-refractivity contribution is 0.223. The van der Waals surface area contributed by atoms with E-state index in [2.05, 4.69) is 26.1 Å². The van der Waals surface area contributed by atoms with Crippen molar-refractivity contribution in [3.05, 3.63) is 0 Å². The van der Waals surface area contributed by atoms with Gasteiger partial charge < -0.3 is 5.32 Å². The summed E-state index contributed by atoms with van der Waals surface area (Å²) in [4.78, 5) is 0. The van der Waals surface area contributed by atoms with E-state index in [4.69, 9.17) is 0 Å². The van der Waals surface area contributed by atoms with E-state index in [0.29, 0.717) is 5.41 Å². The summed E-state index contributed by atoms with van der Waals surface area (Å²) in [5.41, 5.74) is 0.594. The van der Waals surface area contributed by atoms with Crippen LogP contribution in [0.15, 0.2) is 0 Å². The highest BCUT2D eigenvalue weighted by Crippen LogP contribution is 2.38. The molecule has 2 rings (SSSR count). The molecule has 14 heavy (non-hydrogen) atoms. The summed E-state index contributed by atoms with van der Waals surface area (Å²) in [7, 11) is 0. The van der Waals surface area contributed by atoms with Crippen molar-refractivity contribution in [2.75, 3.05) is 0 Å². The van der Waals surface area contributed by atoms with Gasteiger partial charge in [0.05, 0.1) is 0 Å². The van der Waals surface area contributed by atoms with Crippen molar-refractivity contribution in [1.29, 1.82) is 0 Å². The third-order valence-corrected chi connectivity index (χ3v) is 4.32. The van der Waals surface area contributed by atoms with E-state index in [1.54, 1.807) is 0 Å². The number of hydrogen-bond acceptors (Lipinski definition) is 1. The highest BCUT2D eigenvalue weighted by molar-refractivity contribution is 4.89. The van der Waals surface area contributed by atoms with E-state index in [1.165, 1.54) is 38.5 Å². The molecule has 82 valence electrons. The van der Waals surface area contributed by atoms with Crippen LogP contribution in [0.2, 0.25) is 0 Å². The highest BCUT2D eigenvalue weighted by atomic mass is 15.0. The van der Waals surface area contributed by atoms with Gasteiger partial charge in [-0.2, -0.15) is 0 Å². The van der Waals surface area contributed by atoms with Crippen molar-refractivity contribution in [2.45, 2.75) is 71.4 Å². The summed E-state index contributed by atoms with van der Waals surface area (Å²) in [6, 6.07) is 1.57. The van der Waals surface area contributed by atoms with Gasteiger partial charge >= 0.3 is 0 Å². The quantitative estimate of drug-likeness (QED) is 0.728. The third-order valence-electron chi connectivity index (χ3n) is 4.32. The van der Waals surface area contributed by atoms with Crippen molar-refractivity contribution >= 4 is 0 Å². The maximum absolute atomic E-state index is 3.84. The summed E-state index contributed by atoms with van der Waals surface area (Å²) >= 11 is 0. The Morgan fingerprint density at radius 2 is 1.93 bits per heavy atom. The summed E-state index contributed by atoms with van der Waals surface area (Å²) in [5, 5.41) is 3.84. The molecule has 0 aromatic rings. The highest BCUT2D eigenvalue weighted by Gasteiger charge is 2.33. The first-order chi connectivity index (χ1) is 6.57. The first-order valence-electron chi connectivity index (χ1n) is 6.33. The summed E-state index contributed by atoms with van der Waals surface area (Å²) < 4.78 is 0. The fraction of sp³-hybridized carbons (Fsp3) is 1.00. The number of rotatable bonds is 3. The number of hydrogen-bond donors (Lipinski definition) is 1. The minimum absolute atomic E-state index is 0.594. The Hall–Kier alpha value is -0.0400. The third kappa shape index (κ3) is 2.31. The molecule has 2 atom stereocenters. The maximum Gasteiger partial charge on any atom is 0.00749 e. The molecule has 0 aliphatic heterocycles. The van der Waals surface area contributed by atoms with E-state index >= 15 is 0 Å². The largest absolute Gasteiger partial charge is 0.311 e. The van der Waals surface area contributed by atoms with E-state index < -0.39 is 0 Å². The predicted molar refractivity (Wildman–Crippen MR) is 61.4 cm³/mol. The van der Waals surface area contributed by atoms with Crippen LogP contribution in [0, 0.1) is 11.3 Å². The summed E-state index contributed by atoms with van der Waals surface area (Å²) in [6.07, 6.45) is 8.57. The molecule has 2 aliphatic carbocycles. The van der Waals surface area contributed by atoms with Gasteiger partial charge in [-0.25, -0.2) is 0 Å². The van der Waals surface area contributed by atoms with Gasteiger partial charge in [0.2, 0.25) is 0 Å². The Labute approximate surface area is 88.7 Å². The Morgan fingerprint density at radius 3 is 2.36 bits per heavy atom. The zero-order chi connectivity index (χ0) is 10.2. The number of nitrogens with one attached hydrogen (secondary N) is 1. The van der Waals surface area contributed by atoms with Crippen LogP contribution in [0.3, 0.4) is 0 Å². The van der Waals surface area contributed by atoms with Crippen LogP contribution in [-0.4, -0.2) is 12.1 Å². The molecule has 0 saturated heterocycles. The van der Waals surface area contributed by atoms with Crippen LogP contribution in [0.5, 0.6) is 0 Å². The molecular formula is C13H25N. The van der Waals surface area contributed by atoms with E-state index in [9.17, 15) is 0 Å². The molecule has 0 aromatic carbocycles. The minimum atomic E-state index is 0.594. The Morgan fingerprint density at radius 1 is 1.21 bits per heavy atom. The molecule has 0 heterocycles. The smallest absolute Gasteiger partial charge is 0.00749 e. The minimum Gasteiger partial charge on any atom is -0.311 e. The molecule has 2 aliphatic rings. The lowest BCUT2D eigenvalue weighted by Gasteiger charge is -2.34. The van der Waals surface area contributed by atoms with Crippen molar-refractivity contribution in [3.8, 4) is 0 Å². The first kappa shape index (κ1) is 10.5. The average molecular weight is 195 g/mol. The molecule has 1 N–H and O–H groups in total. The van der Waals surface area contributed by atoms with Crippen LogP contribution < -0.4 is 5.32 Å². The van der Waals surface area contributed by atoms with Gasteiger partial charge in [0.1, 0.15) is 0 Å². The molecule has 0 aromatic heterocycles. The lowest BCUT2D eigenvalue weighted by Crippen LogP contribution is -2.42. The molecule has 2 unspecified atom stereocenters. The average Bonchev–Trinajstić information content (AvgIpc) is 2.25. The summed E-state index contributed by atoms with van der Waals surface area (Å²) in [6.45, 7) is 7.19. The fourth-order valence-electron chi connectivity index (χ4n) is 3.03. The van der Waals surface area contributed by atoms with E-state index in [0.717, 1.165) is 18.0 Å². The lowest BCUT2D eigenvalue weighted by atomic mass is 9.80. The first-order valence-corrected chi connectivity index (χ1v) is 6.33. The van der Waals surface area contributed by atoms with Gasteiger partial charge in [-0.05, 0) is 50.4 Å². The van der Waals surface area contributed by atoms with Crippen molar-refractivity contribution in [1.82, 2.24) is 5.32 Å². The van der Waals surface area contributed by atoms with Crippen molar-refractivity contribution in [2.24, 2.45) is 11.3 Å². The second kappa shape index (κ2) is 3.84. The van der Waals surface area contributed by atoms with Gasteiger partial charge in [-0.3, -0.25) is 0 Å². The van der Waals surface area contributed by atoms with E-state index in [1.807, 2.05) is 0 Å². The van der Waals surface area contributed by atoms with Crippen LogP contribution in [0.25, 0.3) is 0 Å². The Balaban J connectivity index is 1.75. The molecular weight excluding hydrogens is 170 g/mol. The molecule has 0 radical (unpaired) electrons. The van der Waals surface area contributed by atoms with Gasteiger partial charge in [0.15, 0.2) is 0 Å². The molecule has 2 fully saturated rings. The van der Waals surface area contributed by atoms with Gasteiger partial charge in [-0.15, -0.1) is 0 Å². The van der Waals surface area contributed by atoms with Crippen molar-refractivity contribution < 1.29 is 0 Å². The fourth-order valence-corrected chi connectivity index (χ4v) is 3.03. The SMILES string of the molecule is CC(NC1CCC(C)(C)C1)C1CCC1. The topological polar surface area (TPSA) is 12.0 Å². The van der Waals surface area contributed by atoms with Crippen LogP contribution in [0.1, 0.15) is 59.3 Å². The normalized spacial score (nSPS) is 34.1. The monoisotopic (exact) mass is 195 g/mol. The predicted octanol–water partition coefficient (Wildman–Crippen LogP) is 3.34. The standard InChI is InChI=1S/C13H25N/c1-10(11-5-4-6-11)14-12-7-8-13(2,3)9-12/h10-12,14H,4-9H2,1-3H3. The van der Waals surface area contributed by atoms with Gasteiger partial charge in [-0.1, -0.05) is 20.3 Å². The molecule has 0 amide bonds. The molecule has 0 bridgehead atoms.